The van der Waals surface area contributed by atoms with E-state index in [0.29, 0.717) is 44.9 Å². The van der Waals surface area contributed by atoms with Crippen LogP contribution in [0.4, 0.5) is 0 Å². The molecular formula is C14H26B2N4O2S2. The summed E-state index contributed by atoms with van der Waals surface area (Å²) in [5.41, 5.74) is 0. The summed E-state index contributed by atoms with van der Waals surface area (Å²) >= 11 is 5.83. The minimum absolute atomic E-state index is 0.0570. The van der Waals surface area contributed by atoms with Crippen molar-refractivity contribution in [3.63, 3.8) is 0 Å². The number of thiol groups is 1. The first-order chi connectivity index (χ1) is 11.6. The Morgan fingerprint density at radius 3 is 2.42 bits per heavy atom. The molecule has 0 aromatic carbocycles. The standard InChI is InChI=1S/C14H26B2N4O2S2/c1-2-5-19(14(22)12-18-16)8-11-24-10-3-13(21)20(7-9-23)6-4-17-15/h2,15-16,23H,1,3-12H2. The van der Waals surface area contributed by atoms with Crippen molar-refractivity contribution in [1.29, 1.82) is 0 Å². The van der Waals surface area contributed by atoms with Gasteiger partial charge in [0.15, 0.2) is 0 Å². The van der Waals surface area contributed by atoms with Crippen molar-refractivity contribution in [3.05, 3.63) is 12.7 Å². The molecule has 0 aliphatic rings. The second kappa shape index (κ2) is 15.6. The molecule has 10 heteroatoms. The van der Waals surface area contributed by atoms with E-state index in [4.69, 9.17) is 0 Å². The summed E-state index contributed by atoms with van der Waals surface area (Å²) in [6.45, 7) is 6.61. The molecular weight excluding hydrogens is 342 g/mol. The van der Waals surface area contributed by atoms with Crippen molar-refractivity contribution < 1.29 is 9.59 Å². The molecule has 24 heavy (non-hydrogen) atoms. The second-order valence-corrected chi connectivity index (χ2v) is 6.60. The number of thioether (sulfide) groups is 1. The normalized spacial score (nSPS) is 9.96. The maximum absolute atomic E-state index is 12.2. The molecule has 0 radical (unpaired) electrons. The Morgan fingerprint density at radius 2 is 1.83 bits per heavy atom. The molecule has 0 spiro atoms. The molecule has 0 aromatic rings. The Bertz CT molecular complexity index is 428. The molecule has 0 atom stereocenters. The summed E-state index contributed by atoms with van der Waals surface area (Å²) in [5.74, 6) is 2.17. The molecule has 0 bridgehead atoms. The van der Waals surface area contributed by atoms with E-state index in [1.54, 1.807) is 27.6 Å². The number of hydrogen-bond acceptors (Lipinski definition) is 6. The predicted octanol–water partition coefficient (Wildman–Crippen LogP) is 0.0515. The van der Waals surface area contributed by atoms with Gasteiger partial charge in [0.2, 0.25) is 0 Å². The van der Waals surface area contributed by atoms with Gasteiger partial charge < -0.3 is 0 Å². The van der Waals surface area contributed by atoms with Gasteiger partial charge >= 0.3 is 156 Å². The topological polar surface area (TPSA) is 65.3 Å². The van der Waals surface area contributed by atoms with Crippen LogP contribution in [0.2, 0.25) is 0 Å². The van der Waals surface area contributed by atoms with E-state index in [-0.39, 0.29) is 18.4 Å². The number of rotatable bonds is 15. The number of nitrogens with zero attached hydrogens (tertiary/aromatic N) is 4. The molecule has 6 nitrogen and oxygen atoms in total. The van der Waals surface area contributed by atoms with Crippen molar-refractivity contribution in [1.82, 2.24) is 9.80 Å². The van der Waals surface area contributed by atoms with Crippen molar-refractivity contribution in [3.8, 4) is 0 Å². The summed E-state index contributed by atoms with van der Waals surface area (Å²) in [6.07, 6.45) is 2.16. The zero-order valence-electron chi connectivity index (χ0n) is 14.2. The van der Waals surface area contributed by atoms with E-state index in [1.165, 1.54) is 0 Å². The zero-order valence-corrected chi connectivity index (χ0v) is 15.9. The Kier molecular flexibility index (Phi) is 15.0. The van der Waals surface area contributed by atoms with Gasteiger partial charge in [0.1, 0.15) is 0 Å². The first-order valence-corrected chi connectivity index (χ1v) is 9.59. The van der Waals surface area contributed by atoms with Gasteiger partial charge in [-0.15, -0.1) is 0 Å². The third-order valence-electron chi connectivity index (χ3n) is 3.17. The van der Waals surface area contributed by atoms with Crippen molar-refractivity contribution in [2.75, 3.05) is 56.5 Å². The molecule has 0 saturated carbocycles. The zero-order chi connectivity index (χ0) is 18.2. The Balaban J connectivity index is 4.09. The Labute approximate surface area is 156 Å². The van der Waals surface area contributed by atoms with E-state index in [1.807, 2.05) is 0 Å². The fraction of sp³-hybridized carbons (Fsp3) is 0.714. The quantitative estimate of drug-likeness (QED) is 0.192. The first-order valence-electron chi connectivity index (χ1n) is 7.80. The average molecular weight is 368 g/mol. The van der Waals surface area contributed by atoms with Crippen LogP contribution in [0.1, 0.15) is 6.42 Å². The van der Waals surface area contributed by atoms with Gasteiger partial charge in [-0.2, -0.15) is 0 Å². The van der Waals surface area contributed by atoms with Gasteiger partial charge in [0.25, 0.3) is 0 Å². The van der Waals surface area contributed by atoms with Gasteiger partial charge in [-0.05, 0) is 0 Å². The summed E-state index contributed by atoms with van der Waals surface area (Å²) in [4.78, 5) is 34.8. The number of carbonyl (C=O) groups excluding carboxylic acids is 2. The number of hydrogen-bond donors (Lipinski definition) is 1. The number of amides is 2. The number of carbonyl (C=O) groups is 2. The molecule has 0 aliphatic carbocycles. The minimum atomic E-state index is -0.0570. The van der Waals surface area contributed by atoms with Crippen LogP contribution in [-0.2, 0) is 9.59 Å². The third kappa shape index (κ3) is 10.8. The van der Waals surface area contributed by atoms with Gasteiger partial charge in [0.05, 0.1) is 0 Å². The van der Waals surface area contributed by atoms with E-state index in [2.05, 4.69) is 44.3 Å². The summed E-state index contributed by atoms with van der Waals surface area (Å²) in [7, 11) is 6.77. The van der Waals surface area contributed by atoms with Crippen LogP contribution in [0.25, 0.3) is 0 Å². The van der Waals surface area contributed by atoms with Gasteiger partial charge in [-0.25, -0.2) is 0 Å². The van der Waals surface area contributed by atoms with Crippen molar-refractivity contribution in [2.24, 2.45) is 9.79 Å². The molecule has 0 unspecified atom stereocenters. The second-order valence-electron chi connectivity index (χ2n) is 4.92. The molecule has 0 aliphatic heterocycles. The van der Waals surface area contributed by atoms with Crippen LogP contribution >= 0.6 is 24.4 Å². The Hall–Kier alpha value is -0.890. The van der Waals surface area contributed by atoms with E-state index >= 15 is 0 Å². The maximum atomic E-state index is 12.2. The van der Waals surface area contributed by atoms with Gasteiger partial charge in [0, 0.05) is 0 Å². The molecule has 0 rings (SSSR count). The summed E-state index contributed by atoms with van der Waals surface area (Å²) in [6, 6.07) is 0. The molecule has 0 N–H and O–H groups in total. The van der Waals surface area contributed by atoms with Gasteiger partial charge in [-0.1, -0.05) is 0 Å². The van der Waals surface area contributed by atoms with E-state index in [0.717, 1.165) is 11.5 Å². The van der Waals surface area contributed by atoms with Crippen LogP contribution < -0.4 is 0 Å². The van der Waals surface area contributed by atoms with Crippen LogP contribution in [-0.4, -0.2) is 93.4 Å². The molecule has 2 amide bonds. The van der Waals surface area contributed by atoms with Crippen LogP contribution in [0, 0.1) is 0 Å². The molecule has 0 aromatic heterocycles. The first kappa shape index (κ1) is 23.1. The van der Waals surface area contributed by atoms with E-state index in [9.17, 15) is 9.59 Å². The fourth-order valence-corrected chi connectivity index (χ4v) is 3.05. The van der Waals surface area contributed by atoms with Crippen LogP contribution in [0.5, 0.6) is 0 Å². The van der Waals surface area contributed by atoms with E-state index < -0.39 is 0 Å². The monoisotopic (exact) mass is 368 g/mol. The summed E-state index contributed by atoms with van der Waals surface area (Å²) in [5, 5.41) is 0. The van der Waals surface area contributed by atoms with Crippen LogP contribution in [0.3, 0.4) is 0 Å². The molecule has 0 saturated heterocycles. The average Bonchev–Trinajstić information content (AvgIpc) is 2.57. The molecule has 0 heterocycles. The molecule has 0 fully saturated rings. The Morgan fingerprint density at radius 1 is 1.08 bits per heavy atom. The molecule has 132 valence electrons. The predicted molar refractivity (Wildman–Crippen MR) is 108 cm³/mol. The van der Waals surface area contributed by atoms with Crippen molar-refractivity contribution >= 4 is 51.5 Å². The van der Waals surface area contributed by atoms with Crippen LogP contribution in [0.15, 0.2) is 22.4 Å². The SMILES string of the molecule is B=NCCN(CCS)C(=O)CCSCCN(CC=C)C(=O)CN=B. The van der Waals surface area contributed by atoms with Crippen molar-refractivity contribution in [2.45, 2.75) is 6.42 Å². The van der Waals surface area contributed by atoms with Gasteiger partial charge in [-0.3, -0.25) is 0 Å². The fourth-order valence-electron chi connectivity index (χ4n) is 1.94. The summed E-state index contributed by atoms with van der Waals surface area (Å²) < 4.78 is 0. The third-order valence-corrected chi connectivity index (χ3v) is 4.33.